The Morgan fingerprint density at radius 2 is 1.85 bits per heavy atom. The van der Waals surface area contributed by atoms with Crippen LogP contribution in [0.3, 0.4) is 0 Å². The number of carbonyl (C=O) groups is 1. The molecule has 78 valence electrons. The first kappa shape index (κ1) is 12.7. The fraction of sp³-hybridized carbons (Fsp3) is 0.900. The van der Waals surface area contributed by atoms with Crippen molar-refractivity contribution in [3.63, 3.8) is 0 Å². The van der Waals surface area contributed by atoms with Crippen LogP contribution in [-0.2, 0) is 4.79 Å². The van der Waals surface area contributed by atoms with Gasteiger partial charge in [0.25, 0.3) is 0 Å². The van der Waals surface area contributed by atoms with Crippen molar-refractivity contribution in [2.45, 2.75) is 52.2 Å². The molecule has 0 rings (SSSR count). The van der Waals surface area contributed by atoms with Crippen molar-refractivity contribution in [2.24, 2.45) is 0 Å². The largest absolute Gasteiger partial charge is 0.373 e. The van der Waals surface area contributed by atoms with Gasteiger partial charge in [-0.1, -0.05) is 39.3 Å². The molecule has 0 radical (unpaired) electrons. The fourth-order valence-electron chi connectivity index (χ4n) is 1.40. The van der Waals surface area contributed by atoms with Crippen molar-refractivity contribution in [1.82, 2.24) is 4.57 Å². The Balaban J connectivity index is 3.98. The van der Waals surface area contributed by atoms with Crippen LogP contribution in [0.4, 0.5) is 0 Å². The van der Waals surface area contributed by atoms with E-state index in [9.17, 15) is 4.79 Å². The predicted octanol–water partition coefficient (Wildman–Crippen LogP) is 2.86. The van der Waals surface area contributed by atoms with Gasteiger partial charge in [0.15, 0.2) is 8.24 Å². The minimum absolute atomic E-state index is 0.216. The van der Waals surface area contributed by atoms with Crippen LogP contribution in [0.5, 0.6) is 0 Å². The van der Waals surface area contributed by atoms with Crippen LogP contribution >= 0.6 is 0 Å². The van der Waals surface area contributed by atoms with Crippen molar-refractivity contribution in [3.8, 4) is 0 Å². The standard InChI is InChI=1S/C10H23NOSi/c1-6-7-8-9-13(4,5)11(3)10(2)12/h6-9H2,1-5H3. The van der Waals surface area contributed by atoms with Gasteiger partial charge in [0.05, 0.1) is 0 Å². The minimum atomic E-state index is -1.42. The van der Waals surface area contributed by atoms with E-state index in [1.807, 2.05) is 11.6 Å². The van der Waals surface area contributed by atoms with Crippen LogP contribution in [0.2, 0.25) is 19.1 Å². The van der Waals surface area contributed by atoms with Gasteiger partial charge in [0.2, 0.25) is 5.91 Å². The van der Waals surface area contributed by atoms with Crippen molar-refractivity contribution < 1.29 is 4.79 Å². The average Bonchev–Trinajstić information content (AvgIpc) is 2.03. The third-order valence-corrected chi connectivity index (χ3v) is 6.48. The number of amides is 1. The highest BCUT2D eigenvalue weighted by molar-refractivity contribution is 6.76. The van der Waals surface area contributed by atoms with Gasteiger partial charge in [-0.3, -0.25) is 4.79 Å². The first-order valence-electron chi connectivity index (χ1n) is 5.16. The molecule has 0 aromatic carbocycles. The maximum atomic E-state index is 11.2. The SMILES string of the molecule is CCCCC[Si](C)(C)N(C)C(C)=O. The van der Waals surface area contributed by atoms with Crippen molar-refractivity contribution >= 4 is 14.1 Å². The molecular weight excluding hydrogens is 178 g/mol. The van der Waals surface area contributed by atoms with E-state index in [0.717, 1.165) is 0 Å². The first-order chi connectivity index (χ1) is 5.91. The molecule has 0 aliphatic carbocycles. The smallest absolute Gasteiger partial charge is 0.211 e. The second-order valence-electron chi connectivity index (χ2n) is 4.35. The van der Waals surface area contributed by atoms with E-state index >= 15 is 0 Å². The Morgan fingerprint density at radius 3 is 2.23 bits per heavy atom. The highest BCUT2D eigenvalue weighted by Gasteiger charge is 2.27. The van der Waals surface area contributed by atoms with E-state index in [2.05, 4.69) is 20.0 Å². The lowest BCUT2D eigenvalue weighted by molar-refractivity contribution is -0.124. The Morgan fingerprint density at radius 1 is 1.31 bits per heavy atom. The average molecular weight is 201 g/mol. The van der Waals surface area contributed by atoms with E-state index in [4.69, 9.17) is 0 Å². The Hall–Kier alpha value is -0.313. The number of carbonyl (C=O) groups excluding carboxylic acids is 1. The van der Waals surface area contributed by atoms with Gasteiger partial charge < -0.3 is 4.57 Å². The van der Waals surface area contributed by atoms with Gasteiger partial charge in [0, 0.05) is 14.0 Å². The Labute approximate surface area is 83.4 Å². The lowest BCUT2D eigenvalue weighted by Gasteiger charge is -2.33. The van der Waals surface area contributed by atoms with Gasteiger partial charge in [-0.05, 0) is 6.04 Å². The molecule has 0 heterocycles. The number of rotatable bonds is 5. The third-order valence-electron chi connectivity index (χ3n) is 2.77. The summed E-state index contributed by atoms with van der Waals surface area (Å²) >= 11 is 0. The Kier molecular flexibility index (Phi) is 5.29. The van der Waals surface area contributed by atoms with Crippen LogP contribution in [-0.4, -0.2) is 25.8 Å². The second kappa shape index (κ2) is 5.42. The van der Waals surface area contributed by atoms with Crippen LogP contribution < -0.4 is 0 Å². The van der Waals surface area contributed by atoms with Crippen molar-refractivity contribution in [1.29, 1.82) is 0 Å². The van der Waals surface area contributed by atoms with E-state index < -0.39 is 8.24 Å². The predicted molar refractivity (Wildman–Crippen MR) is 60.3 cm³/mol. The molecule has 0 bridgehead atoms. The van der Waals surface area contributed by atoms with Gasteiger partial charge in [-0.15, -0.1) is 0 Å². The molecule has 0 saturated carbocycles. The molecule has 0 N–H and O–H groups in total. The topological polar surface area (TPSA) is 20.3 Å². The minimum Gasteiger partial charge on any atom is -0.373 e. The summed E-state index contributed by atoms with van der Waals surface area (Å²) in [6, 6.07) is 1.23. The van der Waals surface area contributed by atoms with E-state index in [1.165, 1.54) is 25.3 Å². The third kappa shape index (κ3) is 4.46. The highest BCUT2D eigenvalue weighted by Crippen LogP contribution is 2.17. The fourth-order valence-corrected chi connectivity index (χ4v) is 3.70. The molecule has 3 heteroatoms. The van der Waals surface area contributed by atoms with E-state index in [0.29, 0.717) is 0 Å². The summed E-state index contributed by atoms with van der Waals surface area (Å²) < 4.78 is 1.97. The molecule has 0 aromatic rings. The number of nitrogens with zero attached hydrogens (tertiary/aromatic N) is 1. The quantitative estimate of drug-likeness (QED) is 0.495. The molecule has 0 fully saturated rings. The summed E-state index contributed by atoms with van der Waals surface area (Å²) in [5, 5.41) is 0. The van der Waals surface area contributed by atoms with E-state index in [-0.39, 0.29) is 5.91 Å². The summed E-state index contributed by atoms with van der Waals surface area (Å²) in [5.41, 5.74) is 0. The van der Waals surface area contributed by atoms with Gasteiger partial charge in [0.1, 0.15) is 0 Å². The van der Waals surface area contributed by atoms with Gasteiger partial charge >= 0.3 is 0 Å². The zero-order valence-corrected chi connectivity index (χ0v) is 10.7. The first-order valence-corrected chi connectivity index (χ1v) is 8.31. The summed E-state index contributed by atoms with van der Waals surface area (Å²) in [5.74, 6) is 0.216. The summed E-state index contributed by atoms with van der Waals surface area (Å²) in [4.78, 5) is 11.2. The highest BCUT2D eigenvalue weighted by atomic mass is 28.3. The second-order valence-corrected chi connectivity index (χ2v) is 9.14. The molecule has 0 spiro atoms. The molecule has 0 atom stereocenters. The van der Waals surface area contributed by atoms with Crippen molar-refractivity contribution in [2.75, 3.05) is 7.05 Å². The van der Waals surface area contributed by atoms with Crippen LogP contribution in [0.25, 0.3) is 0 Å². The lowest BCUT2D eigenvalue weighted by Crippen LogP contribution is -2.48. The van der Waals surface area contributed by atoms with E-state index in [1.54, 1.807) is 6.92 Å². The number of unbranched alkanes of at least 4 members (excludes halogenated alkanes) is 2. The van der Waals surface area contributed by atoms with Crippen LogP contribution in [0.1, 0.15) is 33.1 Å². The molecule has 0 aliphatic rings. The molecular formula is C10H23NOSi. The normalized spacial score (nSPS) is 11.5. The number of hydrogen-bond donors (Lipinski definition) is 0. The molecule has 13 heavy (non-hydrogen) atoms. The molecule has 0 saturated heterocycles. The summed E-state index contributed by atoms with van der Waals surface area (Å²) in [6.45, 7) is 8.41. The summed E-state index contributed by atoms with van der Waals surface area (Å²) in [7, 11) is 0.522. The van der Waals surface area contributed by atoms with Gasteiger partial charge in [-0.25, -0.2) is 0 Å². The molecule has 1 amide bonds. The maximum Gasteiger partial charge on any atom is 0.211 e. The molecule has 0 aliphatic heterocycles. The molecule has 2 nitrogen and oxygen atoms in total. The number of hydrogen-bond acceptors (Lipinski definition) is 1. The van der Waals surface area contributed by atoms with Crippen LogP contribution in [0, 0.1) is 0 Å². The van der Waals surface area contributed by atoms with Crippen molar-refractivity contribution in [3.05, 3.63) is 0 Å². The zero-order chi connectivity index (χ0) is 10.5. The van der Waals surface area contributed by atoms with Gasteiger partial charge in [-0.2, -0.15) is 0 Å². The maximum absolute atomic E-state index is 11.2. The van der Waals surface area contributed by atoms with Crippen LogP contribution in [0.15, 0.2) is 0 Å². The lowest BCUT2D eigenvalue weighted by atomic mass is 10.3. The Bertz CT molecular complexity index is 168. The molecule has 0 aromatic heterocycles. The zero-order valence-electron chi connectivity index (χ0n) is 9.68. The molecule has 0 unspecified atom stereocenters. The monoisotopic (exact) mass is 201 g/mol. The summed E-state index contributed by atoms with van der Waals surface area (Å²) in [6.07, 6.45) is 3.82.